The Labute approximate surface area is 552 Å². The van der Waals surface area contributed by atoms with E-state index >= 15 is 0 Å². The summed E-state index contributed by atoms with van der Waals surface area (Å²) in [7, 11) is 0. The fourth-order valence-electron chi connectivity index (χ4n) is 10.5. The van der Waals surface area contributed by atoms with Crippen LogP contribution in [-0.2, 0) is 57.5 Å². The second-order valence-corrected chi connectivity index (χ2v) is 24.2. The number of aliphatic hydroxyl groups excluding tert-OH is 2. The summed E-state index contributed by atoms with van der Waals surface area (Å²) in [5.41, 5.74) is -0.175. The summed E-state index contributed by atoms with van der Waals surface area (Å²) in [5, 5.41) is 81.7. The largest absolute Gasteiger partial charge is 2.00 e. The Balaban J connectivity index is 0. The van der Waals surface area contributed by atoms with Crippen LogP contribution in [0, 0.1) is 59.2 Å². The molecular formula is C60H94CaMgN6O18. The number of hydrogen-bond acceptors (Lipinski definition) is 18. The summed E-state index contributed by atoms with van der Waals surface area (Å²) in [6, 6.07) is -2.32. The van der Waals surface area contributed by atoms with Crippen molar-refractivity contribution in [3.05, 3.63) is 22.7 Å². The number of rotatable bonds is 18. The number of carbonyl (C=O) groups is 12. The van der Waals surface area contributed by atoms with Crippen LogP contribution in [0.25, 0.3) is 0 Å². The first kappa shape index (κ1) is 83.8. The Bertz CT molecular complexity index is 2380. The van der Waals surface area contributed by atoms with Gasteiger partial charge in [0.25, 0.3) is 11.8 Å². The van der Waals surface area contributed by atoms with Gasteiger partial charge in [0.15, 0.2) is 11.6 Å². The predicted molar refractivity (Wildman–Crippen MR) is 312 cm³/mol. The van der Waals surface area contributed by atoms with Gasteiger partial charge in [-0.25, -0.2) is 0 Å². The van der Waals surface area contributed by atoms with E-state index in [0.717, 1.165) is 19.3 Å². The van der Waals surface area contributed by atoms with E-state index in [1.165, 1.54) is 41.5 Å². The molecule has 6 aliphatic rings. The van der Waals surface area contributed by atoms with Crippen molar-refractivity contribution >= 4 is 131 Å². The minimum Gasteiger partial charge on any atom is -0.850 e. The van der Waals surface area contributed by atoms with E-state index in [1.54, 1.807) is 0 Å². The van der Waals surface area contributed by atoms with Crippen molar-refractivity contribution in [2.24, 2.45) is 59.2 Å². The van der Waals surface area contributed by atoms with Crippen molar-refractivity contribution in [1.82, 2.24) is 31.9 Å². The van der Waals surface area contributed by atoms with Crippen LogP contribution in [0.5, 0.6) is 0 Å². The fourth-order valence-corrected chi connectivity index (χ4v) is 10.5. The van der Waals surface area contributed by atoms with Crippen molar-refractivity contribution < 1.29 is 88.2 Å². The number of carbonyl (C=O) groups excluding carboxylic acids is 12. The zero-order valence-corrected chi connectivity index (χ0v) is 57.3. The molecule has 0 aromatic heterocycles. The molecule has 6 heterocycles. The number of amides is 6. The third-order valence-corrected chi connectivity index (χ3v) is 15.7. The first-order valence-electron chi connectivity index (χ1n) is 29.1. The molecule has 6 rings (SSSR count). The van der Waals surface area contributed by atoms with E-state index in [4.69, 9.17) is 0 Å². The molecule has 17 unspecified atom stereocenters. The van der Waals surface area contributed by atoms with Crippen LogP contribution in [0.4, 0.5) is 0 Å². The molecule has 26 heteroatoms. The van der Waals surface area contributed by atoms with Gasteiger partial charge in [0, 0.05) is 24.2 Å². The van der Waals surface area contributed by atoms with Gasteiger partial charge in [-0.3, -0.25) is 57.5 Å². The molecule has 0 aliphatic carbocycles. The molecule has 4 fully saturated rings. The van der Waals surface area contributed by atoms with Crippen molar-refractivity contribution in [1.29, 1.82) is 0 Å². The second kappa shape index (κ2) is 38.4. The molecule has 4 saturated heterocycles. The molecule has 0 bridgehead atoms. The minimum absolute atomic E-state index is 0. The van der Waals surface area contributed by atoms with E-state index in [9.17, 15) is 88.2 Å². The molecule has 24 nitrogen and oxygen atoms in total. The Morgan fingerprint density at radius 3 is 0.930 bits per heavy atom. The van der Waals surface area contributed by atoms with E-state index in [1.807, 2.05) is 83.1 Å². The van der Waals surface area contributed by atoms with Crippen LogP contribution < -0.4 is 52.3 Å². The number of ketones is 6. The molecule has 86 heavy (non-hydrogen) atoms. The van der Waals surface area contributed by atoms with Crippen LogP contribution in [0.3, 0.4) is 0 Å². The first-order chi connectivity index (χ1) is 38.7. The number of aliphatic hydroxyl groups is 2. The van der Waals surface area contributed by atoms with Crippen molar-refractivity contribution in [3.8, 4) is 0 Å². The van der Waals surface area contributed by atoms with Gasteiger partial charge in [-0.15, -0.1) is 0 Å². The Morgan fingerprint density at radius 1 is 0.419 bits per heavy atom. The summed E-state index contributed by atoms with van der Waals surface area (Å²) in [6.07, 6.45) is -0.0282. The molecule has 17 atom stereocenters. The SMILES string of the molecule is CC(=O)C1=C(O)C(CC(C)C)NC1=O.CC(=O)C1C(=O)NC(CC(C)C)C1[O-].CC(=O)C1C(=O)NC(CC(C)C)C1[O-].CCC(C)C1NC(=O)C(C(C)=O)=C1O.CCC(C)C1NC(=O)C(C(C)=O)C1[O-].CCC(C)C1NC(=O)C(C(C)=O)C1[O-].[Ca+2].[Mg+2]. The molecule has 8 N–H and O–H groups in total. The van der Waals surface area contributed by atoms with E-state index in [2.05, 4.69) is 31.9 Å². The van der Waals surface area contributed by atoms with Crippen LogP contribution in [0.15, 0.2) is 22.7 Å². The Kier molecular flexibility index (Phi) is 37.4. The van der Waals surface area contributed by atoms with Crippen molar-refractivity contribution in [2.75, 3.05) is 0 Å². The predicted octanol–water partition coefficient (Wildman–Crippen LogP) is -1.04. The third kappa shape index (κ3) is 23.3. The number of hydrogen-bond donors (Lipinski definition) is 8. The third-order valence-electron chi connectivity index (χ3n) is 15.7. The van der Waals surface area contributed by atoms with Crippen LogP contribution in [0.2, 0.25) is 0 Å². The monoisotopic (exact) mass is 1250 g/mol. The van der Waals surface area contributed by atoms with Crippen molar-refractivity contribution in [3.63, 3.8) is 0 Å². The molecule has 0 spiro atoms. The van der Waals surface area contributed by atoms with E-state index in [0.29, 0.717) is 37.0 Å². The van der Waals surface area contributed by atoms with E-state index in [-0.39, 0.29) is 166 Å². The van der Waals surface area contributed by atoms with Gasteiger partial charge in [-0.2, -0.15) is 0 Å². The van der Waals surface area contributed by atoms with Gasteiger partial charge in [-0.1, -0.05) is 127 Å². The number of Topliss-reactive ketones (excluding diaryl/α,β-unsaturated/α-hetero) is 6. The summed E-state index contributed by atoms with van der Waals surface area (Å²) < 4.78 is 0. The Hall–Kier alpha value is -4.21. The quantitative estimate of drug-likeness (QED) is 0.0462. The molecule has 6 aliphatic heterocycles. The van der Waals surface area contributed by atoms with Gasteiger partial charge < -0.3 is 62.5 Å². The first-order valence-corrected chi connectivity index (χ1v) is 29.1. The second-order valence-electron chi connectivity index (χ2n) is 24.2. The molecule has 6 amide bonds. The van der Waals surface area contributed by atoms with Gasteiger partial charge in [0.05, 0.1) is 35.8 Å². The number of nitrogens with one attached hydrogen (secondary N) is 6. The maximum Gasteiger partial charge on any atom is 2.00 e. The van der Waals surface area contributed by atoms with Gasteiger partial charge in [0.2, 0.25) is 23.6 Å². The summed E-state index contributed by atoms with van der Waals surface area (Å²) in [4.78, 5) is 134. The Morgan fingerprint density at radius 2 is 0.698 bits per heavy atom. The molecule has 0 aromatic carbocycles. The average molecular weight is 1250 g/mol. The van der Waals surface area contributed by atoms with E-state index < -0.39 is 89.6 Å². The molecule has 476 valence electrons. The van der Waals surface area contributed by atoms with Gasteiger partial charge in [0.1, 0.15) is 45.8 Å². The summed E-state index contributed by atoms with van der Waals surface area (Å²) in [6.45, 7) is 31.3. The van der Waals surface area contributed by atoms with Crippen molar-refractivity contribution in [2.45, 2.75) is 224 Å². The van der Waals surface area contributed by atoms with Crippen LogP contribution >= 0.6 is 0 Å². The van der Waals surface area contributed by atoms with Crippen LogP contribution in [0.1, 0.15) is 163 Å². The normalized spacial score (nSPS) is 28.9. The van der Waals surface area contributed by atoms with Crippen LogP contribution in [-0.4, -0.2) is 202 Å². The molecular weight excluding hydrogens is 1160 g/mol. The molecule has 0 radical (unpaired) electrons. The minimum atomic E-state index is -1.12. The standard InChI is InChI=1S/2C10H16NO3.C10H15NO3.2C10H16NO3.C10H15NO3.Ca.Mg/c3*1-5(2)4-7-9(13)8(6(3)12)10(14)11-7;3*1-4-5(2)8-9(13)7(6(3)12)10(14)11-8;;/h2*5,7-9H,4H2,1-3H3,(H,11,14);5,7,13H,4H2,1-3H3,(H,11,14);2*5,7-9H,4H2,1-3H3,(H,11,14);5,8,13H,4H2,1-3H3,(H,11,14);;/q2*-1;;2*-1;;2*+2. The topological polar surface area (TPSA) is 410 Å². The fraction of sp³-hybridized carbons (Fsp3) is 0.733. The molecule has 0 saturated carbocycles. The maximum atomic E-state index is 11.7. The summed E-state index contributed by atoms with van der Waals surface area (Å²) >= 11 is 0. The maximum absolute atomic E-state index is 11.7. The van der Waals surface area contributed by atoms with Gasteiger partial charge in [-0.05, 0) is 96.3 Å². The smallest absolute Gasteiger partial charge is 0.850 e. The summed E-state index contributed by atoms with van der Waals surface area (Å²) in [5.74, 6) is -7.24. The average Bonchev–Trinajstić information content (AvgIpc) is 4.39. The molecule has 0 aromatic rings. The zero-order chi connectivity index (χ0) is 65.3. The zero-order valence-electron chi connectivity index (χ0n) is 53.6. The van der Waals surface area contributed by atoms with Gasteiger partial charge >= 0.3 is 60.8 Å².